The van der Waals surface area contributed by atoms with Gasteiger partial charge in [-0.2, -0.15) is 0 Å². The van der Waals surface area contributed by atoms with Crippen molar-refractivity contribution in [2.45, 2.75) is 59.2 Å². The second-order valence-electron chi connectivity index (χ2n) is 7.62. The molecule has 2 aromatic carbocycles. The van der Waals surface area contributed by atoms with E-state index in [1.807, 2.05) is 32.0 Å². The Morgan fingerprint density at radius 3 is 2.34 bits per heavy atom. The largest absolute Gasteiger partial charge is 0.483 e. The van der Waals surface area contributed by atoms with Gasteiger partial charge < -0.3 is 15.0 Å². The number of halogens is 3. The van der Waals surface area contributed by atoms with E-state index >= 15 is 0 Å². The van der Waals surface area contributed by atoms with Crippen LogP contribution in [0.5, 0.6) is 5.75 Å². The molecule has 0 radical (unpaired) electrons. The summed E-state index contributed by atoms with van der Waals surface area (Å²) in [6.45, 7) is 7.51. The quantitative estimate of drug-likeness (QED) is 0.398. The molecule has 0 bridgehead atoms. The highest BCUT2D eigenvalue weighted by Gasteiger charge is 2.28. The van der Waals surface area contributed by atoms with E-state index in [0.29, 0.717) is 21.4 Å². The normalized spacial score (nSPS) is 12.7. The standard InChI is InChI=1S/C24H29BrCl2N2O3/c1-5-15(3)28-24(31)16(4)29(13-18-20(26)8-7-9-21(18)27)23(30)14-32-22-11-10-17(6-2)12-19(22)25/h7-12,15-16H,5-6,13-14H2,1-4H3,(H,28,31)/t15-,16-/m1/s1. The number of aryl methyl sites for hydroxylation is 1. The minimum atomic E-state index is -0.738. The van der Waals surface area contributed by atoms with Crippen LogP contribution in [0.15, 0.2) is 40.9 Å². The monoisotopic (exact) mass is 542 g/mol. The Morgan fingerprint density at radius 2 is 1.78 bits per heavy atom. The number of carbonyl (C=O) groups excluding carboxylic acids is 2. The van der Waals surface area contributed by atoms with Crippen LogP contribution in [0.1, 0.15) is 45.2 Å². The Morgan fingerprint density at radius 1 is 1.12 bits per heavy atom. The molecule has 0 unspecified atom stereocenters. The van der Waals surface area contributed by atoms with Crippen LogP contribution in [-0.2, 0) is 22.6 Å². The lowest BCUT2D eigenvalue weighted by Crippen LogP contribution is -2.50. The Bertz CT molecular complexity index is 935. The fourth-order valence-corrected chi connectivity index (χ4v) is 4.06. The predicted octanol–water partition coefficient (Wildman–Crippen LogP) is 6.03. The van der Waals surface area contributed by atoms with Gasteiger partial charge in [0.1, 0.15) is 11.8 Å². The van der Waals surface area contributed by atoms with Crippen LogP contribution < -0.4 is 10.1 Å². The van der Waals surface area contributed by atoms with E-state index in [0.717, 1.165) is 22.9 Å². The summed E-state index contributed by atoms with van der Waals surface area (Å²) in [5.74, 6) is -0.0356. The van der Waals surface area contributed by atoms with E-state index in [1.165, 1.54) is 4.90 Å². The Labute approximate surface area is 208 Å². The SMILES string of the molecule is CCc1ccc(OCC(=O)N(Cc2c(Cl)cccc2Cl)[C@H](C)C(=O)N[C@H](C)CC)c(Br)c1. The molecule has 5 nitrogen and oxygen atoms in total. The first kappa shape index (κ1) is 26.5. The van der Waals surface area contributed by atoms with Gasteiger partial charge in [-0.15, -0.1) is 0 Å². The molecule has 0 aliphatic carbocycles. The molecule has 0 aliphatic rings. The van der Waals surface area contributed by atoms with Crippen molar-refractivity contribution in [2.24, 2.45) is 0 Å². The molecule has 2 rings (SSSR count). The van der Waals surface area contributed by atoms with Gasteiger partial charge in [-0.25, -0.2) is 0 Å². The fraction of sp³-hybridized carbons (Fsp3) is 0.417. The first-order chi connectivity index (χ1) is 15.2. The molecule has 1 N–H and O–H groups in total. The molecule has 0 saturated heterocycles. The van der Waals surface area contributed by atoms with E-state index in [2.05, 4.69) is 28.2 Å². The summed E-state index contributed by atoms with van der Waals surface area (Å²) in [5, 5.41) is 3.80. The highest BCUT2D eigenvalue weighted by molar-refractivity contribution is 9.10. The predicted molar refractivity (Wildman–Crippen MR) is 133 cm³/mol. The van der Waals surface area contributed by atoms with Crippen LogP contribution in [0.2, 0.25) is 10.0 Å². The van der Waals surface area contributed by atoms with Crippen molar-refractivity contribution in [1.82, 2.24) is 10.2 Å². The first-order valence-electron chi connectivity index (χ1n) is 10.6. The Kier molecular flexibility index (Phi) is 10.3. The second kappa shape index (κ2) is 12.5. The van der Waals surface area contributed by atoms with Gasteiger partial charge >= 0.3 is 0 Å². The minimum absolute atomic E-state index is 0.00455. The van der Waals surface area contributed by atoms with Crippen molar-refractivity contribution in [3.05, 3.63) is 62.0 Å². The molecule has 8 heteroatoms. The van der Waals surface area contributed by atoms with Crippen LogP contribution >= 0.6 is 39.1 Å². The van der Waals surface area contributed by atoms with Crippen LogP contribution in [0.25, 0.3) is 0 Å². The zero-order valence-corrected chi connectivity index (χ0v) is 21.9. The van der Waals surface area contributed by atoms with E-state index in [1.54, 1.807) is 25.1 Å². The van der Waals surface area contributed by atoms with Crippen LogP contribution in [0.4, 0.5) is 0 Å². The number of hydrogen-bond donors (Lipinski definition) is 1. The van der Waals surface area contributed by atoms with Crippen LogP contribution in [0.3, 0.4) is 0 Å². The maximum atomic E-state index is 13.2. The molecule has 0 aromatic heterocycles. The van der Waals surface area contributed by atoms with Crippen molar-refractivity contribution >= 4 is 50.9 Å². The highest BCUT2D eigenvalue weighted by atomic mass is 79.9. The molecule has 174 valence electrons. The average Bonchev–Trinajstić information content (AvgIpc) is 2.77. The van der Waals surface area contributed by atoms with Crippen molar-refractivity contribution < 1.29 is 14.3 Å². The van der Waals surface area contributed by atoms with Gasteiger partial charge in [0.25, 0.3) is 5.91 Å². The summed E-state index contributed by atoms with van der Waals surface area (Å²) in [6.07, 6.45) is 1.68. The van der Waals surface area contributed by atoms with E-state index in [9.17, 15) is 9.59 Å². The average molecular weight is 544 g/mol. The van der Waals surface area contributed by atoms with Crippen LogP contribution in [0, 0.1) is 0 Å². The summed E-state index contributed by atoms with van der Waals surface area (Å²) < 4.78 is 6.54. The molecule has 0 fully saturated rings. The molecule has 2 atom stereocenters. The molecular weight excluding hydrogens is 515 g/mol. The van der Waals surface area contributed by atoms with Gasteiger partial charge in [-0.05, 0) is 72.4 Å². The number of hydrogen-bond acceptors (Lipinski definition) is 3. The Hall–Kier alpha value is -1.76. The summed E-state index contributed by atoms with van der Waals surface area (Å²) >= 11 is 16.1. The molecule has 0 aliphatic heterocycles. The molecule has 2 amide bonds. The molecular formula is C24H29BrCl2N2O3. The highest BCUT2D eigenvalue weighted by Crippen LogP contribution is 2.28. The smallest absolute Gasteiger partial charge is 0.261 e. The summed E-state index contributed by atoms with van der Waals surface area (Å²) in [4.78, 5) is 27.4. The van der Waals surface area contributed by atoms with Gasteiger partial charge in [-0.3, -0.25) is 9.59 Å². The molecule has 0 heterocycles. The van der Waals surface area contributed by atoms with Gasteiger partial charge in [0.05, 0.1) is 4.47 Å². The molecule has 0 saturated carbocycles. The number of rotatable bonds is 10. The number of amides is 2. The third kappa shape index (κ3) is 7.12. The van der Waals surface area contributed by atoms with E-state index < -0.39 is 6.04 Å². The molecule has 0 spiro atoms. The Balaban J connectivity index is 2.24. The van der Waals surface area contributed by atoms with E-state index in [4.69, 9.17) is 27.9 Å². The second-order valence-corrected chi connectivity index (χ2v) is 9.29. The summed E-state index contributed by atoms with van der Waals surface area (Å²) in [5.41, 5.74) is 1.74. The molecule has 32 heavy (non-hydrogen) atoms. The van der Waals surface area contributed by atoms with Gasteiger partial charge in [-0.1, -0.05) is 49.2 Å². The van der Waals surface area contributed by atoms with Crippen molar-refractivity contribution in [3.63, 3.8) is 0 Å². The zero-order valence-electron chi connectivity index (χ0n) is 18.8. The van der Waals surface area contributed by atoms with Crippen molar-refractivity contribution in [3.8, 4) is 5.75 Å². The maximum Gasteiger partial charge on any atom is 0.261 e. The van der Waals surface area contributed by atoms with Crippen molar-refractivity contribution in [1.29, 1.82) is 0 Å². The van der Waals surface area contributed by atoms with Gasteiger partial charge in [0.2, 0.25) is 5.91 Å². The summed E-state index contributed by atoms with van der Waals surface area (Å²) in [6, 6.07) is 10.1. The zero-order chi connectivity index (χ0) is 23.8. The fourth-order valence-electron chi connectivity index (χ4n) is 3.01. The number of carbonyl (C=O) groups is 2. The topological polar surface area (TPSA) is 58.6 Å². The van der Waals surface area contributed by atoms with Crippen LogP contribution in [-0.4, -0.2) is 35.4 Å². The summed E-state index contributed by atoms with van der Waals surface area (Å²) in [7, 11) is 0. The first-order valence-corrected chi connectivity index (χ1v) is 12.2. The van der Waals surface area contributed by atoms with E-state index in [-0.39, 0.29) is 31.0 Å². The lowest BCUT2D eigenvalue weighted by atomic mass is 10.1. The third-order valence-electron chi connectivity index (χ3n) is 5.31. The third-order valence-corrected chi connectivity index (χ3v) is 6.64. The lowest BCUT2D eigenvalue weighted by Gasteiger charge is -2.30. The number of nitrogens with one attached hydrogen (secondary N) is 1. The van der Waals surface area contributed by atoms with Gasteiger partial charge in [0, 0.05) is 28.2 Å². The minimum Gasteiger partial charge on any atom is -0.483 e. The van der Waals surface area contributed by atoms with Crippen molar-refractivity contribution in [2.75, 3.05) is 6.61 Å². The number of ether oxygens (including phenoxy) is 1. The number of nitrogens with zero attached hydrogens (tertiary/aromatic N) is 1. The molecule has 2 aromatic rings. The lowest BCUT2D eigenvalue weighted by molar-refractivity contribution is -0.142. The maximum absolute atomic E-state index is 13.2. The number of benzene rings is 2. The van der Waals surface area contributed by atoms with Gasteiger partial charge in [0.15, 0.2) is 6.61 Å².